The molecule has 0 aliphatic rings. The van der Waals surface area contributed by atoms with Gasteiger partial charge in [0, 0.05) is 11.3 Å². The van der Waals surface area contributed by atoms with Crippen LogP contribution in [0.25, 0.3) is 0 Å². The van der Waals surface area contributed by atoms with Crippen molar-refractivity contribution in [3.8, 4) is 11.5 Å². The van der Waals surface area contributed by atoms with Crippen molar-refractivity contribution < 1.29 is 24.5 Å². The summed E-state index contributed by atoms with van der Waals surface area (Å²) in [5.41, 5.74) is 0.402. The van der Waals surface area contributed by atoms with Gasteiger partial charge in [0.1, 0.15) is 17.1 Å². The van der Waals surface area contributed by atoms with Crippen LogP contribution >= 0.6 is 28.1 Å². The van der Waals surface area contributed by atoms with E-state index in [1.54, 1.807) is 18.2 Å². The van der Waals surface area contributed by atoms with Crippen LogP contribution in [0.2, 0.25) is 0 Å². The van der Waals surface area contributed by atoms with E-state index in [0.717, 1.165) is 0 Å². The fourth-order valence-corrected chi connectivity index (χ4v) is 2.74. The molecule has 0 aliphatic carbocycles. The molecule has 0 saturated carbocycles. The van der Waals surface area contributed by atoms with E-state index < -0.39 is 11.9 Å². The molecule has 0 aliphatic heterocycles. The molecule has 9 heteroatoms. The molecule has 0 spiro atoms. The number of hydrogen-bond donors (Lipinski definition) is 4. The Labute approximate surface area is 163 Å². The zero-order valence-corrected chi connectivity index (χ0v) is 16.0. The van der Waals surface area contributed by atoms with Crippen LogP contribution in [0.5, 0.6) is 11.5 Å². The number of aromatic carboxylic acids is 1. The minimum absolute atomic E-state index is 0.0120. The van der Waals surface area contributed by atoms with Gasteiger partial charge in [0.25, 0.3) is 5.91 Å². The Bertz CT molecular complexity index is 872. The predicted molar refractivity (Wildman–Crippen MR) is 104 cm³/mol. The maximum absolute atomic E-state index is 12.3. The highest BCUT2D eigenvalue weighted by molar-refractivity contribution is 9.10. The van der Waals surface area contributed by atoms with E-state index >= 15 is 0 Å². The highest BCUT2D eigenvalue weighted by Gasteiger charge is 2.13. The number of anilines is 1. The zero-order valence-electron chi connectivity index (χ0n) is 13.6. The number of benzene rings is 2. The number of ether oxygens (including phenoxy) is 1. The first-order valence-electron chi connectivity index (χ1n) is 7.42. The number of nitrogens with one attached hydrogen (secondary N) is 2. The molecule has 2 aromatic carbocycles. The van der Waals surface area contributed by atoms with Crippen LogP contribution in [0.4, 0.5) is 5.69 Å². The van der Waals surface area contributed by atoms with E-state index in [-0.39, 0.29) is 16.4 Å². The van der Waals surface area contributed by atoms with Crippen LogP contribution in [0.3, 0.4) is 0 Å². The number of carboxylic acid groups (broad SMARTS) is 1. The first-order valence-corrected chi connectivity index (χ1v) is 8.63. The molecule has 0 bridgehead atoms. The largest absolute Gasteiger partial charge is 0.507 e. The first kappa shape index (κ1) is 19.7. The Hall–Kier alpha value is -2.65. The van der Waals surface area contributed by atoms with Gasteiger partial charge in [-0.3, -0.25) is 10.1 Å². The van der Waals surface area contributed by atoms with Crippen LogP contribution in [0.15, 0.2) is 40.9 Å². The summed E-state index contributed by atoms with van der Waals surface area (Å²) in [7, 11) is 0. The van der Waals surface area contributed by atoms with Crippen molar-refractivity contribution in [2.45, 2.75) is 6.92 Å². The van der Waals surface area contributed by atoms with Crippen LogP contribution in [0, 0.1) is 0 Å². The molecular formula is C17H15BrN2O5S. The summed E-state index contributed by atoms with van der Waals surface area (Å²) in [4.78, 5) is 23.3. The van der Waals surface area contributed by atoms with Gasteiger partial charge in [-0.2, -0.15) is 0 Å². The van der Waals surface area contributed by atoms with E-state index in [0.29, 0.717) is 28.1 Å². The standard InChI is InChI=1S/C17H15BrN2O5S/c1-2-25-14-6-3-9(7-12(14)18)15(22)20-17(26)19-10-4-5-13(21)11(8-10)16(23)24/h3-8,21H,2H2,1H3,(H,23,24)(H2,19,20,22,26). The third-order valence-corrected chi connectivity index (χ3v) is 4.03. The van der Waals surface area contributed by atoms with Crippen molar-refractivity contribution in [3.63, 3.8) is 0 Å². The quantitative estimate of drug-likeness (QED) is 0.418. The molecule has 0 aromatic heterocycles. The summed E-state index contributed by atoms with van der Waals surface area (Å²) < 4.78 is 6.02. The molecule has 7 nitrogen and oxygen atoms in total. The summed E-state index contributed by atoms with van der Waals surface area (Å²) in [6.07, 6.45) is 0. The van der Waals surface area contributed by atoms with Crippen molar-refractivity contribution in [2.75, 3.05) is 11.9 Å². The molecule has 0 unspecified atom stereocenters. The minimum atomic E-state index is -1.28. The number of halogens is 1. The van der Waals surface area contributed by atoms with Gasteiger partial charge in [-0.1, -0.05) is 0 Å². The average Bonchev–Trinajstić information content (AvgIpc) is 2.58. The van der Waals surface area contributed by atoms with Gasteiger partial charge >= 0.3 is 5.97 Å². The molecule has 4 N–H and O–H groups in total. The first-order chi connectivity index (χ1) is 12.3. The number of carbonyl (C=O) groups is 2. The Morgan fingerprint density at radius 1 is 1.23 bits per heavy atom. The van der Waals surface area contributed by atoms with Gasteiger partial charge in [-0.05, 0) is 71.5 Å². The van der Waals surface area contributed by atoms with Crippen molar-refractivity contribution in [1.29, 1.82) is 0 Å². The lowest BCUT2D eigenvalue weighted by Gasteiger charge is -2.12. The minimum Gasteiger partial charge on any atom is -0.507 e. The van der Waals surface area contributed by atoms with E-state index in [1.807, 2.05) is 6.92 Å². The highest BCUT2D eigenvalue weighted by atomic mass is 79.9. The van der Waals surface area contributed by atoms with Gasteiger partial charge in [0.05, 0.1) is 11.1 Å². The Kier molecular flexibility index (Phi) is 6.53. The number of aromatic hydroxyl groups is 1. The van der Waals surface area contributed by atoms with Gasteiger partial charge in [0.15, 0.2) is 5.11 Å². The van der Waals surface area contributed by atoms with Crippen molar-refractivity contribution in [2.24, 2.45) is 0 Å². The number of carboxylic acids is 1. The second-order valence-corrected chi connectivity index (χ2v) is 6.29. The molecule has 2 rings (SSSR count). The summed E-state index contributed by atoms with van der Waals surface area (Å²) in [5.74, 6) is -1.46. The summed E-state index contributed by atoms with van der Waals surface area (Å²) in [6, 6.07) is 8.73. The topological polar surface area (TPSA) is 108 Å². The molecule has 0 fully saturated rings. The molecule has 26 heavy (non-hydrogen) atoms. The monoisotopic (exact) mass is 438 g/mol. The van der Waals surface area contributed by atoms with Crippen LogP contribution in [0.1, 0.15) is 27.6 Å². The number of carbonyl (C=O) groups excluding carboxylic acids is 1. The average molecular weight is 439 g/mol. The molecule has 0 atom stereocenters. The fraction of sp³-hybridized carbons (Fsp3) is 0.118. The van der Waals surface area contributed by atoms with E-state index in [9.17, 15) is 14.7 Å². The summed E-state index contributed by atoms with van der Waals surface area (Å²) in [6.45, 7) is 2.36. The van der Waals surface area contributed by atoms with Crippen molar-refractivity contribution >= 4 is 50.8 Å². The van der Waals surface area contributed by atoms with Crippen LogP contribution in [-0.4, -0.2) is 33.8 Å². The molecular weight excluding hydrogens is 424 g/mol. The zero-order chi connectivity index (χ0) is 19.3. The normalized spacial score (nSPS) is 10.1. The van der Waals surface area contributed by atoms with Crippen LogP contribution in [-0.2, 0) is 0 Å². The smallest absolute Gasteiger partial charge is 0.339 e. The molecule has 2 aromatic rings. The lowest BCUT2D eigenvalue weighted by atomic mass is 10.2. The maximum Gasteiger partial charge on any atom is 0.339 e. The number of rotatable bonds is 5. The third kappa shape index (κ3) is 4.93. The lowest BCUT2D eigenvalue weighted by Crippen LogP contribution is -2.34. The van der Waals surface area contributed by atoms with E-state index in [1.165, 1.54) is 18.2 Å². The lowest BCUT2D eigenvalue weighted by molar-refractivity contribution is 0.0693. The molecule has 1 amide bonds. The molecule has 0 heterocycles. The molecule has 136 valence electrons. The van der Waals surface area contributed by atoms with Crippen LogP contribution < -0.4 is 15.4 Å². The second kappa shape index (κ2) is 8.63. The second-order valence-electron chi connectivity index (χ2n) is 5.02. The SMILES string of the molecule is CCOc1ccc(C(=O)NC(=S)Nc2ccc(O)c(C(=O)O)c2)cc1Br. The van der Waals surface area contributed by atoms with Crippen molar-refractivity contribution in [3.05, 3.63) is 52.0 Å². The molecule has 0 radical (unpaired) electrons. The van der Waals surface area contributed by atoms with E-state index in [4.69, 9.17) is 22.1 Å². The van der Waals surface area contributed by atoms with Gasteiger partial charge in [0.2, 0.25) is 0 Å². The maximum atomic E-state index is 12.3. The number of phenols is 1. The molecule has 0 saturated heterocycles. The Balaban J connectivity index is 2.06. The van der Waals surface area contributed by atoms with Gasteiger partial charge in [-0.25, -0.2) is 4.79 Å². The number of amides is 1. The predicted octanol–water partition coefficient (Wildman–Crippen LogP) is 3.38. The third-order valence-electron chi connectivity index (χ3n) is 3.21. The number of hydrogen-bond acceptors (Lipinski definition) is 5. The highest BCUT2D eigenvalue weighted by Crippen LogP contribution is 2.26. The van der Waals surface area contributed by atoms with Gasteiger partial charge < -0.3 is 20.3 Å². The fourth-order valence-electron chi connectivity index (χ4n) is 2.04. The summed E-state index contributed by atoms with van der Waals surface area (Å²) >= 11 is 8.40. The Morgan fingerprint density at radius 2 is 1.96 bits per heavy atom. The Morgan fingerprint density at radius 3 is 2.58 bits per heavy atom. The number of thiocarbonyl (C=S) groups is 1. The van der Waals surface area contributed by atoms with Crippen molar-refractivity contribution in [1.82, 2.24) is 5.32 Å². The van der Waals surface area contributed by atoms with Gasteiger partial charge in [-0.15, -0.1) is 0 Å². The summed E-state index contributed by atoms with van der Waals surface area (Å²) in [5, 5.41) is 23.7. The van der Waals surface area contributed by atoms with E-state index in [2.05, 4.69) is 26.6 Å².